The molecule has 0 saturated heterocycles. The van der Waals surface area contributed by atoms with Gasteiger partial charge in [0.1, 0.15) is 0 Å². The molecule has 2 aromatic carbocycles. The second-order valence-electron chi connectivity index (χ2n) is 5.85. The molecule has 1 heterocycles. The van der Waals surface area contributed by atoms with E-state index in [9.17, 15) is 20.0 Å². The maximum Gasteiger partial charge on any atom is 0.279 e. The summed E-state index contributed by atoms with van der Waals surface area (Å²) in [5, 5.41) is 27.8. The SMILES string of the molecule is CCC(=O)N[C@@H](c1ccccc1Cl)c1cc([N+](=O)[O-])c2cccnc2c1[O-]. The topological polar surface area (TPSA) is 108 Å². The number of non-ortho nitro benzene ring substituents is 1. The van der Waals surface area contributed by atoms with Gasteiger partial charge < -0.3 is 10.4 Å². The van der Waals surface area contributed by atoms with Gasteiger partial charge in [-0.1, -0.05) is 42.5 Å². The number of halogens is 1. The van der Waals surface area contributed by atoms with Crippen LogP contribution in [0.25, 0.3) is 10.9 Å². The maximum absolute atomic E-state index is 13.0. The highest BCUT2D eigenvalue weighted by Crippen LogP contribution is 2.39. The molecule has 1 atom stereocenters. The summed E-state index contributed by atoms with van der Waals surface area (Å²) in [6.07, 6.45) is 1.58. The molecule has 3 rings (SSSR count). The van der Waals surface area contributed by atoms with Crippen LogP contribution in [0, 0.1) is 10.1 Å². The Morgan fingerprint density at radius 2 is 2.00 bits per heavy atom. The van der Waals surface area contributed by atoms with Crippen molar-refractivity contribution in [3.05, 3.63) is 74.9 Å². The summed E-state index contributed by atoms with van der Waals surface area (Å²) >= 11 is 6.27. The molecule has 8 heteroatoms. The van der Waals surface area contributed by atoms with Gasteiger partial charge in [0, 0.05) is 23.7 Å². The van der Waals surface area contributed by atoms with Gasteiger partial charge in [-0.05, 0) is 29.3 Å². The molecule has 0 spiro atoms. The van der Waals surface area contributed by atoms with Gasteiger partial charge in [0.05, 0.1) is 21.9 Å². The third-order valence-electron chi connectivity index (χ3n) is 4.20. The number of benzene rings is 2. The number of aromatic nitrogens is 1. The van der Waals surface area contributed by atoms with Crippen LogP contribution in [0.2, 0.25) is 5.02 Å². The van der Waals surface area contributed by atoms with Gasteiger partial charge in [0.2, 0.25) is 5.91 Å². The average Bonchev–Trinajstić information content (AvgIpc) is 2.67. The molecule has 1 N–H and O–H groups in total. The summed E-state index contributed by atoms with van der Waals surface area (Å²) in [5.74, 6) is -0.805. The molecular weight excluding hydrogens is 370 g/mol. The van der Waals surface area contributed by atoms with Gasteiger partial charge in [-0.25, -0.2) is 0 Å². The van der Waals surface area contributed by atoms with Crippen molar-refractivity contribution in [1.82, 2.24) is 10.3 Å². The molecule has 0 aliphatic heterocycles. The van der Waals surface area contributed by atoms with E-state index in [0.717, 1.165) is 0 Å². The van der Waals surface area contributed by atoms with Crippen molar-refractivity contribution in [1.29, 1.82) is 0 Å². The van der Waals surface area contributed by atoms with Crippen molar-refractivity contribution in [3.8, 4) is 5.75 Å². The number of pyridine rings is 1. The number of carbonyl (C=O) groups is 1. The van der Waals surface area contributed by atoms with Crippen LogP contribution in [0.5, 0.6) is 5.75 Å². The van der Waals surface area contributed by atoms with Crippen LogP contribution >= 0.6 is 11.6 Å². The second kappa shape index (κ2) is 7.59. The summed E-state index contributed by atoms with van der Waals surface area (Å²) in [6, 6.07) is 9.98. The van der Waals surface area contributed by atoms with Gasteiger partial charge in [-0.2, -0.15) is 0 Å². The molecule has 0 aliphatic rings. The highest BCUT2D eigenvalue weighted by molar-refractivity contribution is 6.31. The molecule has 0 bridgehead atoms. The fourth-order valence-corrected chi connectivity index (χ4v) is 3.13. The van der Waals surface area contributed by atoms with Crippen molar-refractivity contribution in [2.45, 2.75) is 19.4 Å². The number of hydrogen-bond donors (Lipinski definition) is 1. The first-order valence-electron chi connectivity index (χ1n) is 8.20. The number of nitro benzene ring substituents is 1. The zero-order valence-electron chi connectivity index (χ0n) is 14.3. The second-order valence-corrected chi connectivity index (χ2v) is 6.25. The lowest BCUT2D eigenvalue weighted by Gasteiger charge is -2.26. The van der Waals surface area contributed by atoms with Crippen molar-refractivity contribution < 1.29 is 14.8 Å². The third-order valence-corrected chi connectivity index (χ3v) is 4.55. The lowest BCUT2D eigenvalue weighted by molar-refractivity contribution is -0.383. The van der Waals surface area contributed by atoms with Crippen LogP contribution in [-0.2, 0) is 4.79 Å². The van der Waals surface area contributed by atoms with Gasteiger partial charge in [-0.3, -0.25) is 19.9 Å². The minimum atomic E-state index is -0.927. The molecule has 27 heavy (non-hydrogen) atoms. The normalized spacial score (nSPS) is 11.9. The minimum Gasteiger partial charge on any atom is -0.871 e. The molecule has 7 nitrogen and oxygen atoms in total. The number of fused-ring (bicyclic) bond motifs is 1. The van der Waals surface area contributed by atoms with Crippen molar-refractivity contribution in [2.75, 3.05) is 0 Å². The van der Waals surface area contributed by atoms with E-state index >= 15 is 0 Å². The largest absolute Gasteiger partial charge is 0.871 e. The predicted octanol–water partition coefficient (Wildman–Crippen LogP) is 3.49. The Morgan fingerprint density at radius 1 is 1.26 bits per heavy atom. The zero-order valence-corrected chi connectivity index (χ0v) is 15.1. The van der Waals surface area contributed by atoms with Crippen LogP contribution in [-0.4, -0.2) is 15.8 Å². The quantitative estimate of drug-likeness (QED) is 0.535. The number of nitrogens with zero attached hydrogens (tertiary/aromatic N) is 2. The number of rotatable bonds is 5. The molecular formula is C19H15ClN3O4-. The summed E-state index contributed by atoms with van der Waals surface area (Å²) in [4.78, 5) is 27.1. The first-order chi connectivity index (χ1) is 12.9. The molecule has 138 valence electrons. The average molecular weight is 385 g/mol. The van der Waals surface area contributed by atoms with E-state index in [-0.39, 0.29) is 34.5 Å². The van der Waals surface area contributed by atoms with E-state index in [1.807, 2.05) is 0 Å². The van der Waals surface area contributed by atoms with Crippen LogP contribution in [0.3, 0.4) is 0 Å². The van der Waals surface area contributed by atoms with Crippen LogP contribution in [0.4, 0.5) is 5.69 Å². The molecule has 1 aromatic heterocycles. The smallest absolute Gasteiger partial charge is 0.279 e. The molecule has 0 saturated carbocycles. The van der Waals surface area contributed by atoms with Crippen LogP contribution in [0.1, 0.15) is 30.5 Å². The highest BCUT2D eigenvalue weighted by Gasteiger charge is 2.24. The van der Waals surface area contributed by atoms with E-state index in [1.54, 1.807) is 31.2 Å². The molecule has 0 radical (unpaired) electrons. The van der Waals surface area contributed by atoms with Crippen LogP contribution < -0.4 is 10.4 Å². The Hall–Kier alpha value is -3.19. The first-order valence-corrected chi connectivity index (χ1v) is 8.58. The third kappa shape index (κ3) is 3.54. The first kappa shape index (κ1) is 18.6. The Morgan fingerprint density at radius 3 is 2.67 bits per heavy atom. The monoisotopic (exact) mass is 384 g/mol. The maximum atomic E-state index is 13.0. The highest BCUT2D eigenvalue weighted by atomic mass is 35.5. The molecule has 0 unspecified atom stereocenters. The summed E-state index contributed by atoms with van der Waals surface area (Å²) < 4.78 is 0. The Bertz CT molecular complexity index is 1040. The van der Waals surface area contributed by atoms with E-state index in [2.05, 4.69) is 10.3 Å². The zero-order chi connectivity index (χ0) is 19.6. The van der Waals surface area contributed by atoms with Gasteiger partial charge in [0.15, 0.2) is 0 Å². The molecule has 0 aliphatic carbocycles. The molecule has 0 fully saturated rings. The summed E-state index contributed by atoms with van der Waals surface area (Å²) in [6.45, 7) is 1.67. The van der Waals surface area contributed by atoms with Crippen LogP contribution in [0.15, 0.2) is 48.7 Å². The fourth-order valence-electron chi connectivity index (χ4n) is 2.88. The standard InChI is InChI=1S/C19H16ClN3O4/c1-2-16(24)22-17(11-6-3-4-8-14(11)20)13-10-15(23(26)27)12-7-5-9-21-18(12)19(13)25/h3-10,17,25H,2H2,1H3,(H,22,24)/p-1/t17-/m0/s1. The summed E-state index contributed by atoms with van der Waals surface area (Å²) in [5.41, 5.74) is 0.241. The Labute approximate surface area is 159 Å². The van der Waals surface area contributed by atoms with Crippen molar-refractivity contribution in [2.24, 2.45) is 0 Å². The van der Waals surface area contributed by atoms with E-state index in [1.165, 1.54) is 24.4 Å². The van der Waals surface area contributed by atoms with Crippen molar-refractivity contribution in [3.63, 3.8) is 0 Å². The number of carbonyl (C=O) groups excluding carboxylic acids is 1. The van der Waals surface area contributed by atoms with Gasteiger partial charge >= 0.3 is 0 Å². The number of hydrogen-bond acceptors (Lipinski definition) is 5. The fraction of sp³-hybridized carbons (Fsp3) is 0.158. The summed E-state index contributed by atoms with van der Waals surface area (Å²) in [7, 11) is 0. The van der Waals surface area contributed by atoms with Gasteiger partial charge in [0.25, 0.3) is 5.69 Å². The lowest BCUT2D eigenvalue weighted by Crippen LogP contribution is -2.29. The lowest BCUT2D eigenvalue weighted by atomic mass is 9.95. The molecule has 1 amide bonds. The molecule has 3 aromatic rings. The van der Waals surface area contributed by atoms with E-state index in [0.29, 0.717) is 10.6 Å². The van der Waals surface area contributed by atoms with E-state index in [4.69, 9.17) is 11.6 Å². The minimum absolute atomic E-state index is 0.0236. The van der Waals surface area contributed by atoms with Gasteiger partial charge in [-0.15, -0.1) is 0 Å². The number of nitrogens with one attached hydrogen (secondary N) is 1. The predicted molar refractivity (Wildman–Crippen MR) is 99.6 cm³/mol. The Kier molecular flexibility index (Phi) is 5.23. The number of amides is 1. The number of nitro groups is 1. The van der Waals surface area contributed by atoms with E-state index < -0.39 is 16.7 Å². The van der Waals surface area contributed by atoms with Crippen molar-refractivity contribution >= 4 is 34.1 Å². The Balaban J connectivity index is 2.30.